The Morgan fingerprint density at radius 2 is 1.71 bits per heavy atom. The molecule has 0 saturated heterocycles. The Bertz CT molecular complexity index is 540. The van der Waals surface area contributed by atoms with Crippen molar-refractivity contribution in [1.82, 2.24) is 0 Å². The van der Waals surface area contributed by atoms with Crippen molar-refractivity contribution in [1.29, 1.82) is 0 Å². The maximum Gasteiger partial charge on any atom is 0.423 e. The van der Waals surface area contributed by atoms with Crippen LogP contribution in [0.5, 0.6) is 0 Å². The third-order valence-electron chi connectivity index (χ3n) is 2.77. The van der Waals surface area contributed by atoms with E-state index in [1.807, 2.05) is 6.92 Å². The predicted octanol–water partition coefficient (Wildman–Crippen LogP) is 2.55. The summed E-state index contributed by atoms with van der Waals surface area (Å²) >= 11 is 0. The largest absolute Gasteiger partial charge is 0.452 e. The number of carbonyl (C=O) groups excluding carboxylic acids is 3. The molecule has 0 unspecified atom stereocenters. The minimum Gasteiger partial charge on any atom is -0.452 e. The third kappa shape index (κ3) is 3.71. The van der Waals surface area contributed by atoms with Crippen molar-refractivity contribution < 1.29 is 23.9 Å². The molecule has 0 aliphatic rings. The molecule has 1 aromatic rings. The first-order valence-electron chi connectivity index (χ1n) is 6.31. The molecular formula is C14H18N2O5. The Morgan fingerprint density at radius 3 is 2.14 bits per heavy atom. The summed E-state index contributed by atoms with van der Waals surface area (Å²) in [6.07, 6.45) is -1.23. The van der Waals surface area contributed by atoms with E-state index in [1.165, 1.54) is 21.1 Å². The fourth-order valence-electron chi connectivity index (χ4n) is 1.92. The third-order valence-corrected chi connectivity index (χ3v) is 2.77. The number of amides is 3. The van der Waals surface area contributed by atoms with Gasteiger partial charge in [-0.05, 0) is 24.1 Å². The lowest BCUT2D eigenvalue weighted by Crippen LogP contribution is -2.37. The summed E-state index contributed by atoms with van der Waals surface area (Å²) in [5.41, 5.74) is 1.46. The van der Waals surface area contributed by atoms with E-state index < -0.39 is 12.2 Å². The molecule has 1 N–H and O–H groups in total. The molecule has 0 bridgehead atoms. The first-order chi connectivity index (χ1) is 9.96. The van der Waals surface area contributed by atoms with Crippen LogP contribution in [0.1, 0.15) is 19.4 Å². The summed E-state index contributed by atoms with van der Waals surface area (Å²) in [4.78, 5) is 35.7. The summed E-state index contributed by atoms with van der Waals surface area (Å²) in [5.74, 6) is -0.246. The van der Waals surface area contributed by atoms with E-state index in [4.69, 9.17) is 0 Å². The van der Waals surface area contributed by atoms with Crippen molar-refractivity contribution in [3.8, 4) is 0 Å². The molecule has 1 rings (SSSR count). The lowest BCUT2D eigenvalue weighted by molar-refractivity contribution is -0.114. The van der Waals surface area contributed by atoms with E-state index in [9.17, 15) is 14.4 Å². The monoisotopic (exact) mass is 294 g/mol. The van der Waals surface area contributed by atoms with E-state index in [1.54, 1.807) is 18.2 Å². The van der Waals surface area contributed by atoms with Crippen LogP contribution in [0.2, 0.25) is 0 Å². The summed E-state index contributed by atoms with van der Waals surface area (Å²) in [5, 5.41) is 2.66. The van der Waals surface area contributed by atoms with Crippen LogP contribution in [0, 0.1) is 0 Å². The standard InChI is InChI=1S/C14H18N2O5/c1-5-10-11(15-9(2)17)7-6-8-12(10)16(13(18)20-3)14(19)21-4/h6-8H,5H2,1-4H3,(H,15,17). The predicted molar refractivity (Wildman–Crippen MR) is 77.4 cm³/mol. The Hall–Kier alpha value is -2.57. The second-order valence-corrected chi connectivity index (χ2v) is 4.11. The maximum atomic E-state index is 11.8. The molecule has 0 saturated carbocycles. The molecule has 114 valence electrons. The summed E-state index contributed by atoms with van der Waals surface area (Å²) < 4.78 is 9.22. The van der Waals surface area contributed by atoms with Crippen LogP contribution >= 0.6 is 0 Å². The van der Waals surface area contributed by atoms with Crippen molar-refractivity contribution in [2.75, 3.05) is 24.4 Å². The molecular weight excluding hydrogens is 276 g/mol. The Kier molecular flexibility index (Phi) is 5.71. The lowest BCUT2D eigenvalue weighted by Gasteiger charge is -2.22. The van der Waals surface area contributed by atoms with Crippen molar-refractivity contribution in [3.05, 3.63) is 23.8 Å². The Labute approximate surface area is 122 Å². The quantitative estimate of drug-likeness (QED) is 0.926. The first-order valence-corrected chi connectivity index (χ1v) is 6.31. The number of benzene rings is 1. The van der Waals surface area contributed by atoms with Crippen LogP contribution in [0.3, 0.4) is 0 Å². The van der Waals surface area contributed by atoms with Gasteiger partial charge >= 0.3 is 12.2 Å². The number of carbonyl (C=O) groups is 3. The van der Waals surface area contributed by atoms with Gasteiger partial charge in [0.2, 0.25) is 5.91 Å². The van der Waals surface area contributed by atoms with E-state index >= 15 is 0 Å². The fourth-order valence-corrected chi connectivity index (χ4v) is 1.92. The number of hydrogen-bond acceptors (Lipinski definition) is 5. The van der Waals surface area contributed by atoms with Crippen LogP contribution in [0.25, 0.3) is 0 Å². The SMILES string of the molecule is CCc1c(NC(C)=O)cccc1N(C(=O)OC)C(=O)OC. The van der Waals surface area contributed by atoms with Crippen LogP contribution in [-0.4, -0.2) is 32.3 Å². The molecule has 3 amide bonds. The zero-order chi connectivity index (χ0) is 16.0. The normalized spacial score (nSPS) is 9.71. The van der Waals surface area contributed by atoms with Crippen molar-refractivity contribution >= 4 is 29.5 Å². The van der Waals surface area contributed by atoms with Gasteiger partial charge in [0.25, 0.3) is 0 Å². The molecule has 0 spiro atoms. The first kappa shape index (κ1) is 16.5. The van der Waals surface area contributed by atoms with Gasteiger partial charge in [0.15, 0.2) is 0 Å². The Balaban J connectivity index is 3.40. The van der Waals surface area contributed by atoms with Crippen molar-refractivity contribution in [2.45, 2.75) is 20.3 Å². The minimum atomic E-state index is -0.864. The van der Waals surface area contributed by atoms with Gasteiger partial charge in [-0.1, -0.05) is 13.0 Å². The molecule has 7 nitrogen and oxygen atoms in total. The highest BCUT2D eigenvalue weighted by Gasteiger charge is 2.28. The molecule has 7 heteroatoms. The van der Waals surface area contributed by atoms with Crippen LogP contribution in [-0.2, 0) is 20.7 Å². The molecule has 0 atom stereocenters. The molecule has 21 heavy (non-hydrogen) atoms. The number of nitrogens with zero attached hydrogens (tertiary/aromatic N) is 1. The highest BCUT2D eigenvalue weighted by molar-refractivity contribution is 6.10. The fraction of sp³-hybridized carbons (Fsp3) is 0.357. The van der Waals surface area contributed by atoms with E-state index in [0.29, 0.717) is 23.4 Å². The molecule has 0 radical (unpaired) electrons. The highest BCUT2D eigenvalue weighted by Crippen LogP contribution is 2.29. The maximum absolute atomic E-state index is 11.8. The number of anilines is 2. The molecule has 0 heterocycles. The number of methoxy groups -OCH3 is 2. The molecule has 0 aromatic heterocycles. The van der Waals surface area contributed by atoms with E-state index in [2.05, 4.69) is 14.8 Å². The summed E-state index contributed by atoms with van der Waals surface area (Å²) in [6, 6.07) is 4.90. The second-order valence-electron chi connectivity index (χ2n) is 4.11. The zero-order valence-electron chi connectivity index (χ0n) is 12.4. The smallest absolute Gasteiger partial charge is 0.423 e. The molecule has 0 aliphatic heterocycles. The van der Waals surface area contributed by atoms with Crippen molar-refractivity contribution in [3.63, 3.8) is 0 Å². The number of hydrogen-bond donors (Lipinski definition) is 1. The van der Waals surface area contributed by atoms with E-state index in [0.717, 1.165) is 4.90 Å². The topological polar surface area (TPSA) is 84.9 Å². The number of nitrogens with one attached hydrogen (secondary N) is 1. The van der Waals surface area contributed by atoms with Crippen LogP contribution in [0.15, 0.2) is 18.2 Å². The lowest BCUT2D eigenvalue weighted by atomic mass is 10.1. The molecule has 0 fully saturated rings. The van der Waals surface area contributed by atoms with E-state index in [-0.39, 0.29) is 5.91 Å². The van der Waals surface area contributed by atoms with Gasteiger partial charge in [-0.15, -0.1) is 0 Å². The summed E-state index contributed by atoms with van der Waals surface area (Å²) in [7, 11) is 2.34. The minimum absolute atomic E-state index is 0.246. The number of ether oxygens (including phenoxy) is 2. The summed E-state index contributed by atoms with van der Waals surface area (Å²) in [6.45, 7) is 3.22. The van der Waals surface area contributed by atoms with Crippen LogP contribution in [0.4, 0.5) is 21.0 Å². The van der Waals surface area contributed by atoms with Gasteiger partial charge < -0.3 is 14.8 Å². The van der Waals surface area contributed by atoms with Gasteiger partial charge in [0, 0.05) is 12.6 Å². The molecule has 0 aliphatic carbocycles. The average molecular weight is 294 g/mol. The Morgan fingerprint density at radius 1 is 1.14 bits per heavy atom. The van der Waals surface area contributed by atoms with Crippen LogP contribution < -0.4 is 10.2 Å². The molecule has 1 aromatic carbocycles. The van der Waals surface area contributed by atoms with Gasteiger partial charge in [0.1, 0.15) is 0 Å². The zero-order valence-corrected chi connectivity index (χ0v) is 12.4. The van der Waals surface area contributed by atoms with Gasteiger partial charge in [0.05, 0.1) is 19.9 Å². The van der Waals surface area contributed by atoms with Gasteiger partial charge in [-0.25, -0.2) is 9.59 Å². The van der Waals surface area contributed by atoms with Crippen molar-refractivity contribution in [2.24, 2.45) is 0 Å². The highest BCUT2D eigenvalue weighted by atomic mass is 16.6. The van der Waals surface area contributed by atoms with Gasteiger partial charge in [-0.3, -0.25) is 4.79 Å². The number of imide groups is 1. The number of rotatable bonds is 3. The van der Waals surface area contributed by atoms with Gasteiger partial charge in [-0.2, -0.15) is 4.90 Å². The average Bonchev–Trinajstić information content (AvgIpc) is 2.46. The second kappa shape index (κ2) is 7.28.